The quantitative estimate of drug-likeness (QED) is 0.584. The van der Waals surface area contributed by atoms with E-state index in [0.29, 0.717) is 5.56 Å². The summed E-state index contributed by atoms with van der Waals surface area (Å²) >= 11 is 0. The highest BCUT2D eigenvalue weighted by molar-refractivity contribution is 5.02. The van der Waals surface area contributed by atoms with Gasteiger partial charge in [0, 0.05) is 18.2 Å². The van der Waals surface area contributed by atoms with Crippen molar-refractivity contribution in [1.29, 1.82) is 0 Å². The van der Waals surface area contributed by atoms with E-state index in [1.54, 1.807) is 6.92 Å². The Kier molecular flexibility index (Phi) is 3.14. The Morgan fingerprint density at radius 1 is 1.59 bits per heavy atom. The van der Waals surface area contributed by atoms with Crippen LogP contribution in [-0.2, 0) is 4.74 Å². The Bertz CT molecular complexity index is 520. The van der Waals surface area contributed by atoms with Gasteiger partial charge in [-0.2, -0.15) is 0 Å². The van der Waals surface area contributed by atoms with Crippen LogP contribution in [0.25, 0.3) is 0 Å². The van der Waals surface area contributed by atoms with E-state index >= 15 is 0 Å². The summed E-state index contributed by atoms with van der Waals surface area (Å²) in [4.78, 5) is 24.9. The molecule has 1 aliphatic rings. The first kappa shape index (κ1) is 12.0. The van der Waals surface area contributed by atoms with E-state index in [9.17, 15) is 14.7 Å². The first-order valence-electron chi connectivity index (χ1n) is 5.29. The van der Waals surface area contributed by atoms with Gasteiger partial charge in [0.05, 0.1) is 12.7 Å². The lowest BCUT2D eigenvalue weighted by atomic mass is 10.2. The predicted octanol–water partition coefficient (Wildman–Crippen LogP) is -1.51. The van der Waals surface area contributed by atoms with E-state index in [0.717, 1.165) is 0 Å². The van der Waals surface area contributed by atoms with Crippen molar-refractivity contribution in [2.75, 3.05) is 6.61 Å². The molecule has 0 aliphatic carbocycles. The topological polar surface area (TPSA) is 105 Å². The Balaban J connectivity index is 2.34. The third-order valence-electron chi connectivity index (χ3n) is 2.84. The van der Waals surface area contributed by atoms with Gasteiger partial charge in [-0.3, -0.25) is 14.3 Å². The second-order valence-corrected chi connectivity index (χ2v) is 4.09. The van der Waals surface area contributed by atoms with Crippen molar-refractivity contribution in [2.45, 2.75) is 31.8 Å². The van der Waals surface area contributed by atoms with Crippen molar-refractivity contribution in [3.05, 3.63) is 32.6 Å². The zero-order valence-electron chi connectivity index (χ0n) is 9.29. The lowest BCUT2D eigenvalue weighted by molar-refractivity contribution is -0.0459. The second kappa shape index (κ2) is 4.44. The minimum atomic E-state index is -0.816. The molecule has 0 amide bonds. The van der Waals surface area contributed by atoms with Crippen molar-refractivity contribution in [2.24, 2.45) is 0 Å². The molecule has 94 valence electrons. The molecule has 2 rings (SSSR count). The summed E-state index contributed by atoms with van der Waals surface area (Å²) < 4.78 is 6.54. The molecular formula is C10H14N2O5. The van der Waals surface area contributed by atoms with E-state index in [2.05, 4.69) is 4.98 Å². The van der Waals surface area contributed by atoms with Crippen LogP contribution in [0.5, 0.6) is 0 Å². The molecule has 0 radical (unpaired) electrons. The van der Waals surface area contributed by atoms with Crippen molar-refractivity contribution in [1.82, 2.24) is 9.55 Å². The number of aryl methyl sites for hydroxylation is 1. The molecule has 1 aromatic rings. The van der Waals surface area contributed by atoms with E-state index < -0.39 is 29.7 Å². The number of rotatable bonds is 2. The largest absolute Gasteiger partial charge is 0.394 e. The first-order valence-corrected chi connectivity index (χ1v) is 5.29. The van der Waals surface area contributed by atoms with Crippen LogP contribution >= 0.6 is 0 Å². The molecule has 3 N–H and O–H groups in total. The molecule has 1 saturated heterocycles. The van der Waals surface area contributed by atoms with Gasteiger partial charge >= 0.3 is 5.69 Å². The molecule has 1 fully saturated rings. The highest BCUT2D eigenvalue weighted by Gasteiger charge is 2.34. The number of aromatic nitrogens is 2. The van der Waals surface area contributed by atoms with E-state index in [-0.39, 0.29) is 13.0 Å². The summed E-state index contributed by atoms with van der Waals surface area (Å²) in [6.07, 6.45) is -0.581. The van der Waals surface area contributed by atoms with Crippen LogP contribution in [0.1, 0.15) is 18.2 Å². The molecule has 7 heteroatoms. The average molecular weight is 242 g/mol. The maximum Gasteiger partial charge on any atom is 0.330 e. The molecule has 17 heavy (non-hydrogen) atoms. The minimum Gasteiger partial charge on any atom is -0.394 e. The molecule has 0 saturated carbocycles. The SMILES string of the molecule is Cc1cn([C@@H]2C[C@H](O)[C@H](CO)O2)c(=O)[nH]c1=O. The molecule has 0 aromatic carbocycles. The van der Waals surface area contributed by atoms with E-state index in [1.807, 2.05) is 0 Å². The monoisotopic (exact) mass is 242 g/mol. The van der Waals surface area contributed by atoms with Crippen LogP contribution in [0.3, 0.4) is 0 Å². The molecule has 7 nitrogen and oxygen atoms in total. The van der Waals surface area contributed by atoms with Gasteiger partial charge in [0.25, 0.3) is 5.56 Å². The Morgan fingerprint density at radius 3 is 2.88 bits per heavy atom. The number of nitrogens with zero attached hydrogens (tertiary/aromatic N) is 1. The number of aliphatic hydroxyl groups is 2. The van der Waals surface area contributed by atoms with Gasteiger partial charge in [-0.05, 0) is 6.92 Å². The smallest absolute Gasteiger partial charge is 0.330 e. The summed E-state index contributed by atoms with van der Waals surface area (Å²) in [7, 11) is 0. The number of hydrogen-bond acceptors (Lipinski definition) is 5. The fraction of sp³-hybridized carbons (Fsp3) is 0.600. The Labute approximate surface area is 96.3 Å². The van der Waals surface area contributed by atoms with Gasteiger partial charge in [0.2, 0.25) is 0 Å². The Hall–Kier alpha value is -1.44. The lowest BCUT2D eigenvalue weighted by Gasteiger charge is -2.14. The van der Waals surface area contributed by atoms with Crippen LogP contribution in [0.4, 0.5) is 0 Å². The van der Waals surface area contributed by atoms with Crippen LogP contribution in [0, 0.1) is 6.92 Å². The number of H-pyrrole nitrogens is 1. The number of ether oxygens (including phenoxy) is 1. The lowest BCUT2D eigenvalue weighted by Crippen LogP contribution is -2.33. The summed E-state index contributed by atoms with van der Waals surface area (Å²) in [6.45, 7) is 1.26. The van der Waals surface area contributed by atoms with Crippen molar-refractivity contribution in [3.8, 4) is 0 Å². The third-order valence-corrected chi connectivity index (χ3v) is 2.84. The van der Waals surface area contributed by atoms with Gasteiger partial charge in [-0.15, -0.1) is 0 Å². The fourth-order valence-corrected chi connectivity index (χ4v) is 1.85. The van der Waals surface area contributed by atoms with Gasteiger partial charge in [-0.25, -0.2) is 4.79 Å². The van der Waals surface area contributed by atoms with Crippen LogP contribution < -0.4 is 11.2 Å². The first-order chi connectivity index (χ1) is 8.02. The third kappa shape index (κ3) is 2.17. The molecule has 0 spiro atoms. The highest BCUT2D eigenvalue weighted by Crippen LogP contribution is 2.27. The van der Waals surface area contributed by atoms with Crippen molar-refractivity contribution >= 4 is 0 Å². The van der Waals surface area contributed by atoms with Gasteiger partial charge < -0.3 is 14.9 Å². The van der Waals surface area contributed by atoms with Crippen LogP contribution in [0.15, 0.2) is 15.8 Å². The maximum atomic E-state index is 11.6. The van der Waals surface area contributed by atoms with E-state index in [1.165, 1.54) is 10.8 Å². The van der Waals surface area contributed by atoms with Crippen LogP contribution in [0.2, 0.25) is 0 Å². The average Bonchev–Trinajstić information content (AvgIpc) is 2.65. The Morgan fingerprint density at radius 2 is 2.29 bits per heavy atom. The molecule has 0 bridgehead atoms. The number of hydrogen-bond donors (Lipinski definition) is 3. The maximum absolute atomic E-state index is 11.6. The number of aromatic amines is 1. The molecular weight excluding hydrogens is 228 g/mol. The number of nitrogens with one attached hydrogen (secondary N) is 1. The predicted molar refractivity (Wildman–Crippen MR) is 57.7 cm³/mol. The molecule has 3 atom stereocenters. The standard InChI is InChI=1S/C10H14N2O5/c1-5-3-12(10(16)11-9(5)15)8-2-6(14)7(4-13)17-8/h3,6-8,13-14H,2,4H2,1H3,(H,11,15,16)/t6-,7-,8-/m0/s1. The normalized spacial score (nSPS) is 28.5. The molecule has 1 aromatic heterocycles. The fourth-order valence-electron chi connectivity index (χ4n) is 1.85. The molecule has 0 unspecified atom stereocenters. The number of aliphatic hydroxyl groups excluding tert-OH is 2. The van der Waals surface area contributed by atoms with Gasteiger partial charge in [0.15, 0.2) is 0 Å². The van der Waals surface area contributed by atoms with Crippen molar-refractivity contribution < 1.29 is 14.9 Å². The summed E-state index contributed by atoms with van der Waals surface area (Å²) in [5.41, 5.74) is -0.643. The second-order valence-electron chi connectivity index (χ2n) is 4.09. The van der Waals surface area contributed by atoms with Gasteiger partial charge in [0.1, 0.15) is 12.3 Å². The molecule has 1 aliphatic heterocycles. The van der Waals surface area contributed by atoms with Crippen molar-refractivity contribution in [3.63, 3.8) is 0 Å². The van der Waals surface area contributed by atoms with Crippen LogP contribution in [-0.4, -0.2) is 38.6 Å². The summed E-state index contributed by atoms with van der Waals surface area (Å²) in [5.74, 6) is 0. The zero-order valence-corrected chi connectivity index (χ0v) is 9.29. The minimum absolute atomic E-state index is 0.205. The van der Waals surface area contributed by atoms with Gasteiger partial charge in [-0.1, -0.05) is 0 Å². The zero-order chi connectivity index (χ0) is 12.6. The molecule has 2 heterocycles. The summed E-state index contributed by atoms with van der Waals surface area (Å²) in [5, 5.41) is 18.5. The van der Waals surface area contributed by atoms with E-state index in [4.69, 9.17) is 9.84 Å². The highest BCUT2D eigenvalue weighted by atomic mass is 16.5. The summed E-state index contributed by atoms with van der Waals surface area (Å²) in [6, 6.07) is 0.